The molecule has 0 aromatic rings. The van der Waals surface area contributed by atoms with Crippen molar-refractivity contribution in [2.45, 2.75) is 139 Å². The first kappa shape index (κ1) is 49.1. The summed E-state index contributed by atoms with van der Waals surface area (Å²) in [5.74, 6) is -0.732. The number of methoxy groups -OCH3 is 1. The summed E-state index contributed by atoms with van der Waals surface area (Å²) in [6.45, 7) is 23.7. The molecule has 6 aliphatic rings. The Morgan fingerprint density at radius 3 is 2.25 bits per heavy atom. The summed E-state index contributed by atoms with van der Waals surface area (Å²) < 4.78 is 11.0. The quantitative estimate of drug-likeness (QED) is 0.0537. The molecule has 10 nitrogen and oxygen atoms in total. The van der Waals surface area contributed by atoms with Gasteiger partial charge >= 0.3 is 11.9 Å². The predicted octanol–water partition coefficient (Wildman–Crippen LogP) is 12.1. The van der Waals surface area contributed by atoms with Gasteiger partial charge in [0, 0.05) is 51.9 Å². The van der Waals surface area contributed by atoms with E-state index in [0.717, 1.165) is 53.4 Å². The van der Waals surface area contributed by atoms with E-state index in [2.05, 4.69) is 53.4 Å². The molecule has 65 heavy (non-hydrogen) atoms. The van der Waals surface area contributed by atoms with E-state index in [4.69, 9.17) is 24.5 Å². The summed E-state index contributed by atoms with van der Waals surface area (Å²) in [5.41, 5.74) is 10.9. The lowest BCUT2D eigenvalue weighted by atomic mass is 9.85. The summed E-state index contributed by atoms with van der Waals surface area (Å²) in [6.07, 6.45) is 22.9. The first-order valence-electron chi connectivity index (χ1n) is 24.1. The van der Waals surface area contributed by atoms with Gasteiger partial charge in [0.25, 0.3) is 0 Å². The SMILES string of the molecule is C=CC1=C(C)C2=NC1=CC1=NC(=C(CC)/C1=C\O)C=C1N=C3C(=C1C)C(=O)C(C(=O)OC)C3=C1NC(=C2)[C@@H](C)[C@@H]1CCC(=O)OC/C=C(/C)CCCC(C)CCCC(C)CCCC(C)C. The fourth-order valence-corrected chi connectivity index (χ4v) is 10.1. The number of hydrogen-bond acceptors (Lipinski definition) is 10. The molecule has 5 atom stereocenters. The molecular weight excluding hydrogens is 813 g/mol. The number of Topliss-reactive ketones (excluding diaryl/α,β-unsaturated/α-hetero) is 1. The van der Waals surface area contributed by atoms with Crippen LogP contribution in [0.4, 0.5) is 0 Å². The molecule has 0 aromatic carbocycles. The highest BCUT2D eigenvalue weighted by atomic mass is 16.5. The van der Waals surface area contributed by atoms with Gasteiger partial charge in [0.2, 0.25) is 0 Å². The Bertz CT molecular complexity index is 2350. The number of aliphatic hydroxyl groups is 1. The first-order valence-corrected chi connectivity index (χ1v) is 24.1. The number of fused-ring (bicyclic) bond motifs is 5. The molecule has 5 heterocycles. The number of carbonyl (C=O) groups excluding carboxylic acids is 3. The number of ketones is 1. The van der Waals surface area contributed by atoms with Gasteiger partial charge in [-0.3, -0.25) is 14.4 Å². The Morgan fingerprint density at radius 1 is 0.908 bits per heavy atom. The van der Waals surface area contributed by atoms with E-state index in [1.54, 1.807) is 6.08 Å². The molecule has 0 spiro atoms. The number of allylic oxidation sites excluding steroid dienone is 12. The van der Waals surface area contributed by atoms with Crippen molar-refractivity contribution in [3.63, 3.8) is 0 Å². The maximum absolute atomic E-state index is 14.4. The predicted molar refractivity (Wildman–Crippen MR) is 262 cm³/mol. The minimum atomic E-state index is -1.23. The van der Waals surface area contributed by atoms with Gasteiger partial charge in [-0.05, 0) is 105 Å². The second-order valence-corrected chi connectivity index (χ2v) is 19.4. The molecular formula is C55H72N4O6. The first-order chi connectivity index (χ1) is 31.1. The highest BCUT2D eigenvalue weighted by molar-refractivity contribution is 6.42. The fourth-order valence-electron chi connectivity index (χ4n) is 10.1. The van der Waals surface area contributed by atoms with Crippen LogP contribution in [0.1, 0.15) is 139 Å². The molecule has 2 fully saturated rings. The normalized spacial score (nSPS) is 23.2. The molecule has 3 unspecified atom stereocenters. The van der Waals surface area contributed by atoms with Crippen molar-refractivity contribution in [1.82, 2.24) is 5.32 Å². The Kier molecular flexibility index (Phi) is 16.4. The molecule has 0 amide bonds. The fraction of sp³-hybridized carbons (Fsp3) is 0.527. The number of esters is 2. The highest BCUT2D eigenvalue weighted by Gasteiger charge is 2.52. The minimum Gasteiger partial charge on any atom is -0.515 e. The van der Waals surface area contributed by atoms with E-state index in [1.807, 2.05) is 45.1 Å². The third kappa shape index (κ3) is 10.8. The average molecular weight is 885 g/mol. The van der Waals surface area contributed by atoms with Crippen molar-refractivity contribution in [3.05, 3.63) is 116 Å². The summed E-state index contributed by atoms with van der Waals surface area (Å²) in [6, 6.07) is 0. The molecule has 5 aliphatic heterocycles. The van der Waals surface area contributed by atoms with Crippen molar-refractivity contribution < 1.29 is 29.0 Å². The summed E-state index contributed by atoms with van der Waals surface area (Å²) >= 11 is 0. The van der Waals surface area contributed by atoms with Gasteiger partial charge in [-0.2, -0.15) is 0 Å². The van der Waals surface area contributed by atoms with Crippen LogP contribution in [0.3, 0.4) is 0 Å². The van der Waals surface area contributed by atoms with E-state index >= 15 is 0 Å². The zero-order valence-electron chi connectivity index (χ0n) is 40.7. The minimum absolute atomic E-state index is 0.139. The van der Waals surface area contributed by atoms with Crippen molar-refractivity contribution in [2.24, 2.45) is 50.5 Å². The lowest BCUT2D eigenvalue weighted by Crippen LogP contribution is -2.26. The molecule has 10 heteroatoms. The van der Waals surface area contributed by atoms with Crippen molar-refractivity contribution in [2.75, 3.05) is 13.7 Å². The summed E-state index contributed by atoms with van der Waals surface area (Å²) in [7, 11) is 1.29. The third-order valence-electron chi connectivity index (χ3n) is 14.2. The Labute approximate surface area is 387 Å². The van der Waals surface area contributed by atoms with Gasteiger partial charge in [-0.15, -0.1) is 0 Å². The van der Waals surface area contributed by atoms with Gasteiger partial charge in [-0.25, -0.2) is 15.0 Å². The molecule has 6 rings (SSSR count). The Hall–Kier alpha value is -5.38. The maximum atomic E-state index is 14.4. The van der Waals surface area contributed by atoms with Gasteiger partial charge in [0.05, 0.1) is 47.6 Å². The van der Waals surface area contributed by atoms with Gasteiger partial charge in [0.1, 0.15) is 12.5 Å². The number of aliphatic imine (C=N–C) groups is 3. The number of hydrogen-bond donors (Lipinski definition) is 2. The number of ether oxygens (including phenoxy) is 2. The van der Waals surface area contributed by atoms with E-state index in [1.165, 1.54) is 57.6 Å². The van der Waals surface area contributed by atoms with Crippen LogP contribution in [-0.2, 0) is 23.9 Å². The molecule has 348 valence electrons. The number of carbonyl (C=O) groups is 3. The van der Waals surface area contributed by atoms with Gasteiger partial charge < -0.3 is 19.9 Å². The molecule has 1 saturated heterocycles. The molecule has 0 aromatic heterocycles. The Balaban J connectivity index is 1.21. The van der Waals surface area contributed by atoms with Crippen LogP contribution >= 0.6 is 0 Å². The molecule has 2 N–H and O–H groups in total. The zero-order valence-corrected chi connectivity index (χ0v) is 40.7. The monoisotopic (exact) mass is 885 g/mol. The Morgan fingerprint density at radius 2 is 1.60 bits per heavy atom. The molecule has 0 radical (unpaired) electrons. The topological polar surface area (TPSA) is 139 Å². The van der Waals surface area contributed by atoms with Crippen LogP contribution in [0.5, 0.6) is 0 Å². The summed E-state index contributed by atoms with van der Waals surface area (Å²) in [4.78, 5) is 56.5. The van der Waals surface area contributed by atoms with Crippen LogP contribution in [0.2, 0.25) is 0 Å². The average Bonchev–Trinajstić information content (AvgIpc) is 4.02. The van der Waals surface area contributed by atoms with Crippen LogP contribution in [0.15, 0.2) is 131 Å². The largest absolute Gasteiger partial charge is 0.515 e. The van der Waals surface area contributed by atoms with E-state index < -0.39 is 11.9 Å². The number of nitrogens with one attached hydrogen (secondary N) is 1. The van der Waals surface area contributed by atoms with Crippen LogP contribution in [0, 0.1) is 35.5 Å². The summed E-state index contributed by atoms with van der Waals surface area (Å²) in [5, 5.41) is 14.1. The molecule has 8 bridgehead atoms. The number of nitrogens with zero attached hydrogens (tertiary/aromatic N) is 3. The second-order valence-electron chi connectivity index (χ2n) is 19.4. The maximum Gasteiger partial charge on any atom is 0.321 e. The van der Waals surface area contributed by atoms with E-state index in [-0.39, 0.29) is 36.6 Å². The van der Waals surface area contributed by atoms with Crippen molar-refractivity contribution in [3.8, 4) is 0 Å². The second kappa shape index (κ2) is 21.7. The van der Waals surface area contributed by atoms with E-state index in [9.17, 15) is 19.5 Å². The van der Waals surface area contributed by atoms with E-state index in [0.29, 0.717) is 81.0 Å². The molecule has 1 saturated carbocycles. The number of aliphatic hydroxyl groups excluding tert-OH is 1. The zero-order chi connectivity index (χ0) is 47.1. The van der Waals surface area contributed by atoms with Crippen molar-refractivity contribution >= 4 is 34.9 Å². The molecule has 1 aliphatic carbocycles. The smallest absolute Gasteiger partial charge is 0.321 e. The van der Waals surface area contributed by atoms with Crippen molar-refractivity contribution in [1.29, 1.82) is 0 Å². The van der Waals surface area contributed by atoms with Crippen LogP contribution < -0.4 is 5.32 Å². The third-order valence-corrected chi connectivity index (χ3v) is 14.2. The van der Waals surface area contributed by atoms with Crippen LogP contribution in [-0.4, -0.2) is 53.7 Å². The van der Waals surface area contributed by atoms with Gasteiger partial charge in [-0.1, -0.05) is 105 Å². The van der Waals surface area contributed by atoms with Crippen LogP contribution in [0.25, 0.3) is 0 Å². The lowest BCUT2D eigenvalue weighted by Gasteiger charge is -2.19. The lowest BCUT2D eigenvalue weighted by molar-refractivity contribution is -0.146. The highest BCUT2D eigenvalue weighted by Crippen LogP contribution is 2.47. The van der Waals surface area contributed by atoms with Gasteiger partial charge in [0.15, 0.2) is 5.78 Å². The standard InChI is InChI=1S/C55H72N4O6/c1-12-38-35(8)42-27-43-36(9)40(23-24-48(61)65-26-25-34(7)22-16-21-33(6)20-15-19-32(5)18-14-17-31(3)4)52(58-43)50-51(55(63)64-11)54(62)49-37(10)44(59-53(49)50)28-46-39(13-2)41(30-60)47(57-46)29-45(38)56-42/h12,25,27-33,36,40,51,58,60H,1,13-24,26H2,2-11H3/b34-25-,41-30+,43-27?,44-28?,45-29?,52-50?/t32?,33?,36-,40-,51?/m0/s1. The number of rotatable bonds is 20.